The van der Waals surface area contributed by atoms with Gasteiger partial charge in [0.05, 0.1) is 17.1 Å². The van der Waals surface area contributed by atoms with Crippen molar-refractivity contribution in [1.29, 1.82) is 0 Å². The number of carbonyl (C=O) groups excluding carboxylic acids is 1. The fourth-order valence-electron chi connectivity index (χ4n) is 3.46. The van der Waals surface area contributed by atoms with Crippen LogP contribution >= 0.6 is 0 Å². The van der Waals surface area contributed by atoms with Crippen LogP contribution in [0, 0.1) is 0 Å². The second-order valence-electron chi connectivity index (χ2n) is 6.64. The number of aryl methyl sites for hydroxylation is 1. The summed E-state index contributed by atoms with van der Waals surface area (Å²) < 4.78 is 2.13. The molecular weight excluding hydrogens is 340 g/mol. The minimum absolute atomic E-state index is 0.206. The van der Waals surface area contributed by atoms with Gasteiger partial charge in [-0.15, -0.1) is 0 Å². The van der Waals surface area contributed by atoms with Crippen molar-refractivity contribution < 1.29 is 9.63 Å². The highest BCUT2D eigenvalue weighted by molar-refractivity contribution is 6.39. The fourth-order valence-corrected chi connectivity index (χ4v) is 3.46. The van der Waals surface area contributed by atoms with Gasteiger partial charge in [0.25, 0.3) is 5.91 Å². The number of nitrogens with zero attached hydrogens (tertiary/aromatic N) is 3. The zero-order valence-corrected chi connectivity index (χ0v) is 15.4. The smallest absolute Gasteiger partial charge is 0.269 e. The highest BCUT2D eigenvalue weighted by Gasteiger charge is 2.28. The summed E-state index contributed by atoms with van der Waals surface area (Å²) in [5.41, 5.74) is 3.43. The van der Waals surface area contributed by atoms with Crippen LogP contribution in [0.2, 0.25) is 0 Å². The van der Waals surface area contributed by atoms with E-state index in [0.29, 0.717) is 12.1 Å². The lowest BCUT2D eigenvalue weighted by Gasteiger charge is -2.15. The number of benzene rings is 2. The van der Waals surface area contributed by atoms with E-state index in [4.69, 9.17) is 9.82 Å². The molecule has 4 rings (SSSR count). The molecule has 2 heterocycles. The highest BCUT2D eigenvalue weighted by Crippen LogP contribution is 2.27. The summed E-state index contributed by atoms with van der Waals surface area (Å²) in [6, 6.07) is 17.6. The molecule has 6 nitrogen and oxygen atoms in total. The largest absolute Gasteiger partial charge is 0.387 e. The van der Waals surface area contributed by atoms with E-state index in [2.05, 4.69) is 22.0 Å². The maximum absolute atomic E-state index is 12.7. The molecule has 1 amide bonds. The van der Waals surface area contributed by atoms with Gasteiger partial charge in [0.1, 0.15) is 11.5 Å². The van der Waals surface area contributed by atoms with Crippen LogP contribution < -0.4 is 5.32 Å². The summed E-state index contributed by atoms with van der Waals surface area (Å²) in [6.07, 6.45) is 0.259. The molecular formula is C21H22N4O2. The van der Waals surface area contributed by atoms with E-state index in [0.717, 1.165) is 29.0 Å². The lowest BCUT2D eigenvalue weighted by molar-refractivity contribution is -0.115. The second-order valence-corrected chi connectivity index (χ2v) is 6.64. The molecule has 0 spiro atoms. The van der Waals surface area contributed by atoms with Crippen LogP contribution in [0.5, 0.6) is 0 Å². The predicted molar refractivity (Wildman–Crippen MR) is 104 cm³/mol. The van der Waals surface area contributed by atoms with Gasteiger partial charge in [0.15, 0.2) is 6.10 Å². The third-order valence-corrected chi connectivity index (χ3v) is 4.84. The maximum atomic E-state index is 12.7. The van der Waals surface area contributed by atoms with E-state index in [1.54, 1.807) is 0 Å². The number of rotatable bonds is 5. The van der Waals surface area contributed by atoms with Crippen molar-refractivity contribution in [2.45, 2.75) is 39.0 Å². The Morgan fingerprint density at radius 3 is 2.74 bits per heavy atom. The average Bonchev–Trinajstić information content (AvgIpc) is 3.33. The summed E-state index contributed by atoms with van der Waals surface area (Å²) in [5.74, 6) is 0.627. The van der Waals surface area contributed by atoms with E-state index >= 15 is 0 Å². The van der Waals surface area contributed by atoms with Gasteiger partial charge in [0.2, 0.25) is 0 Å². The van der Waals surface area contributed by atoms with Crippen molar-refractivity contribution in [3.05, 3.63) is 66.0 Å². The summed E-state index contributed by atoms with van der Waals surface area (Å²) >= 11 is 0. The summed E-state index contributed by atoms with van der Waals surface area (Å²) in [5, 5.41) is 7.02. The SMILES string of the molecule is CCn1c([C@@H](C)NC(=O)C2=NO[C@@H](c3ccccc3)C2)nc2ccccc21. The normalized spacial score (nSPS) is 17.4. The number of imidazole rings is 1. The standard InChI is InChI=1S/C21H22N4O2/c1-3-25-18-12-8-7-11-16(18)23-20(25)14(2)22-21(26)17-13-19(27-24-17)15-9-5-4-6-10-15/h4-12,14,19H,3,13H2,1-2H3,(H,22,26)/t14-,19-/m1/s1. The minimum atomic E-state index is -0.233. The molecule has 27 heavy (non-hydrogen) atoms. The van der Waals surface area contributed by atoms with Crippen molar-refractivity contribution in [2.24, 2.45) is 5.16 Å². The van der Waals surface area contributed by atoms with Crippen LogP contribution in [0.3, 0.4) is 0 Å². The Morgan fingerprint density at radius 2 is 1.96 bits per heavy atom. The molecule has 6 heteroatoms. The van der Waals surface area contributed by atoms with Crippen molar-refractivity contribution in [1.82, 2.24) is 14.9 Å². The first-order chi connectivity index (χ1) is 13.2. The second kappa shape index (κ2) is 7.23. The summed E-state index contributed by atoms with van der Waals surface area (Å²) in [6.45, 7) is 4.80. The molecule has 0 bridgehead atoms. The Hall–Kier alpha value is -3.15. The van der Waals surface area contributed by atoms with Gasteiger partial charge < -0.3 is 14.7 Å². The Kier molecular flexibility index (Phi) is 4.62. The zero-order chi connectivity index (χ0) is 18.8. The Balaban J connectivity index is 1.47. The van der Waals surface area contributed by atoms with E-state index in [9.17, 15) is 4.79 Å². The molecule has 1 aliphatic rings. The molecule has 0 fully saturated rings. The fraction of sp³-hybridized carbons (Fsp3) is 0.286. The number of oxime groups is 1. The molecule has 3 aromatic rings. The molecule has 1 aromatic heterocycles. The van der Waals surface area contributed by atoms with Crippen molar-refractivity contribution in [2.75, 3.05) is 0 Å². The van der Waals surface area contributed by atoms with E-state index in [1.165, 1.54) is 0 Å². The number of hydrogen-bond donors (Lipinski definition) is 1. The van der Waals surface area contributed by atoms with Gasteiger partial charge in [-0.1, -0.05) is 47.6 Å². The minimum Gasteiger partial charge on any atom is -0.387 e. The Morgan fingerprint density at radius 1 is 1.22 bits per heavy atom. The Bertz CT molecular complexity index is 994. The number of amides is 1. The molecule has 0 radical (unpaired) electrons. The monoisotopic (exact) mass is 362 g/mol. The predicted octanol–water partition coefficient (Wildman–Crippen LogP) is 3.75. The quantitative estimate of drug-likeness (QED) is 0.751. The number of aromatic nitrogens is 2. The molecule has 2 aromatic carbocycles. The third kappa shape index (κ3) is 3.30. The van der Waals surface area contributed by atoms with Crippen LogP contribution in [-0.4, -0.2) is 21.2 Å². The summed E-state index contributed by atoms with van der Waals surface area (Å²) in [7, 11) is 0. The number of hydrogen-bond acceptors (Lipinski definition) is 4. The molecule has 0 unspecified atom stereocenters. The van der Waals surface area contributed by atoms with Gasteiger partial charge >= 0.3 is 0 Å². The number of fused-ring (bicyclic) bond motifs is 1. The molecule has 0 saturated heterocycles. The lowest BCUT2D eigenvalue weighted by Crippen LogP contribution is -2.33. The topological polar surface area (TPSA) is 68.5 Å². The van der Waals surface area contributed by atoms with Crippen LogP contribution in [0.15, 0.2) is 59.8 Å². The first-order valence-corrected chi connectivity index (χ1v) is 9.21. The van der Waals surface area contributed by atoms with Crippen LogP contribution in [-0.2, 0) is 16.2 Å². The zero-order valence-electron chi connectivity index (χ0n) is 15.4. The van der Waals surface area contributed by atoms with Gasteiger partial charge in [-0.2, -0.15) is 0 Å². The summed E-state index contributed by atoms with van der Waals surface area (Å²) in [4.78, 5) is 22.8. The first kappa shape index (κ1) is 17.3. The van der Waals surface area contributed by atoms with Gasteiger partial charge in [-0.25, -0.2) is 4.98 Å². The van der Waals surface area contributed by atoms with Crippen LogP contribution in [0.1, 0.15) is 43.8 Å². The maximum Gasteiger partial charge on any atom is 0.269 e. The van der Waals surface area contributed by atoms with E-state index in [1.807, 2.05) is 61.5 Å². The molecule has 138 valence electrons. The molecule has 2 atom stereocenters. The molecule has 1 aliphatic heterocycles. The van der Waals surface area contributed by atoms with Crippen molar-refractivity contribution >= 4 is 22.7 Å². The number of para-hydroxylation sites is 2. The molecule has 1 N–H and O–H groups in total. The van der Waals surface area contributed by atoms with Gasteiger partial charge in [-0.05, 0) is 31.5 Å². The van der Waals surface area contributed by atoms with E-state index in [-0.39, 0.29) is 18.1 Å². The third-order valence-electron chi connectivity index (χ3n) is 4.84. The molecule has 0 saturated carbocycles. The number of carbonyl (C=O) groups is 1. The average molecular weight is 362 g/mol. The van der Waals surface area contributed by atoms with Crippen molar-refractivity contribution in [3.63, 3.8) is 0 Å². The molecule has 0 aliphatic carbocycles. The number of nitrogens with one attached hydrogen (secondary N) is 1. The van der Waals surface area contributed by atoms with Crippen LogP contribution in [0.4, 0.5) is 0 Å². The van der Waals surface area contributed by atoms with Gasteiger partial charge in [0, 0.05) is 13.0 Å². The lowest BCUT2D eigenvalue weighted by atomic mass is 10.0. The van der Waals surface area contributed by atoms with Crippen molar-refractivity contribution in [3.8, 4) is 0 Å². The van der Waals surface area contributed by atoms with Gasteiger partial charge in [-0.3, -0.25) is 4.79 Å². The van der Waals surface area contributed by atoms with Crippen LogP contribution in [0.25, 0.3) is 11.0 Å². The Labute approximate surface area is 157 Å². The van der Waals surface area contributed by atoms with E-state index < -0.39 is 0 Å². The first-order valence-electron chi connectivity index (χ1n) is 9.21. The highest BCUT2D eigenvalue weighted by atomic mass is 16.6.